The fourth-order valence-corrected chi connectivity index (χ4v) is 4.11. The Labute approximate surface area is 90.3 Å². The topological polar surface area (TPSA) is 26.0 Å². The molecule has 0 bridgehead atoms. The second kappa shape index (κ2) is 3.35. The summed E-state index contributed by atoms with van der Waals surface area (Å²) in [6.45, 7) is 6.88. The van der Waals surface area contributed by atoms with Crippen LogP contribution >= 0.6 is 11.3 Å². The summed E-state index contributed by atoms with van der Waals surface area (Å²) in [5.41, 5.74) is 6.54. The predicted octanol–water partition coefficient (Wildman–Crippen LogP) is 3.23. The summed E-state index contributed by atoms with van der Waals surface area (Å²) in [5.74, 6) is 1.32. The van der Waals surface area contributed by atoms with Gasteiger partial charge in [0.1, 0.15) is 0 Å². The van der Waals surface area contributed by atoms with Gasteiger partial charge in [-0.15, -0.1) is 11.3 Å². The third-order valence-electron chi connectivity index (χ3n) is 4.18. The van der Waals surface area contributed by atoms with Gasteiger partial charge in [-0.05, 0) is 29.2 Å². The second-order valence-corrected chi connectivity index (χ2v) is 5.72. The van der Waals surface area contributed by atoms with Crippen LogP contribution in [0.25, 0.3) is 0 Å². The van der Waals surface area contributed by atoms with Gasteiger partial charge in [-0.25, -0.2) is 0 Å². The molecule has 0 amide bonds. The molecule has 0 aliphatic heterocycles. The maximum atomic E-state index is 6.21. The lowest BCUT2D eigenvalue weighted by atomic mass is 9.50. The molecule has 0 saturated heterocycles. The van der Waals surface area contributed by atoms with Crippen molar-refractivity contribution in [2.45, 2.75) is 39.2 Å². The van der Waals surface area contributed by atoms with Gasteiger partial charge in [0.25, 0.3) is 0 Å². The van der Waals surface area contributed by atoms with E-state index in [-0.39, 0.29) is 0 Å². The van der Waals surface area contributed by atoms with E-state index in [4.69, 9.17) is 5.73 Å². The van der Waals surface area contributed by atoms with Crippen molar-refractivity contribution >= 4 is 11.3 Å². The fourth-order valence-electron chi connectivity index (χ4n) is 3.01. The van der Waals surface area contributed by atoms with Gasteiger partial charge in [0, 0.05) is 16.8 Å². The number of nitrogens with two attached hydrogens (primary N) is 1. The van der Waals surface area contributed by atoms with E-state index in [9.17, 15) is 0 Å². The van der Waals surface area contributed by atoms with Crippen LogP contribution < -0.4 is 5.73 Å². The van der Waals surface area contributed by atoms with Gasteiger partial charge >= 0.3 is 0 Å². The molecule has 1 fully saturated rings. The summed E-state index contributed by atoms with van der Waals surface area (Å²) in [4.78, 5) is 1.52. The van der Waals surface area contributed by atoms with Crippen LogP contribution in [0.15, 0.2) is 17.5 Å². The van der Waals surface area contributed by atoms with E-state index in [2.05, 4.69) is 38.3 Å². The maximum absolute atomic E-state index is 6.21. The summed E-state index contributed by atoms with van der Waals surface area (Å²) >= 11 is 1.87. The molecule has 4 unspecified atom stereocenters. The molecular weight excluding hydrogens is 190 g/mol. The van der Waals surface area contributed by atoms with Gasteiger partial charge < -0.3 is 5.73 Å². The Bertz CT molecular complexity index is 306. The lowest BCUT2D eigenvalue weighted by Crippen LogP contribution is -2.60. The number of hydrogen-bond donors (Lipinski definition) is 1. The molecule has 1 aliphatic carbocycles. The first-order valence-corrected chi connectivity index (χ1v) is 6.28. The summed E-state index contributed by atoms with van der Waals surface area (Å²) < 4.78 is 0. The minimum atomic E-state index is 0.324. The lowest BCUT2D eigenvalue weighted by molar-refractivity contribution is 0.00565. The van der Waals surface area contributed by atoms with Crippen molar-refractivity contribution in [3.05, 3.63) is 22.4 Å². The molecule has 2 heteroatoms. The lowest BCUT2D eigenvalue weighted by Gasteiger charge is -2.57. The fraction of sp³-hybridized carbons (Fsp3) is 0.667. The largest absolute Gasteiger partial charge is 0.327 e. The van der Waals surface area contributed by atoms with Gasteiger partial charge in [0.15, 0.2) is 0 Å². The van der Waals surface area contributed by atoms with E-state index in [1.807, 2.05) is 11.3 Å². The van der Waals surface area contributed by atoms with Crippen molar-refractivity contribution in [2.75, 3.05) is 0 Å². The highest BCUT2D eigenvalue weighted by molar-refractivity contribution is 7.10. The number of hydrogen-bond acceptors (Lipinski definition) is 2. The molecule has 78 valence electrons. The molecule has 1 aliphatic rings. The molecule has 4 atom stereocenters. The highest BCUT2D eigenvalue weighted by Crippen LogP contribution is 2.58. The van der Waals surface area contributed by atoms with Crippen LogP contribution in [0.1, 0.15) is 38.0 Å². The molecule has 1 saturated carbocycles. The van der Waals surface area contributed by atoms with Crippen molar-refractivity contribution in [3.63, 3.8) is 0 Å². The van der Waals surface area contributed by atoms with Crippen LogP contribution in [0.3, 0.4) is 0 Å². The van der Waals surface area contributed by atoms with Crippen LogP contribution in [0.4, 0.5) is 0 Å². The zero-order valence-electron chi connectivity index (χ0n) is 9.16. The Kier molecular flexibility index (Phi) is 2.44. The van der Waals surface area contributed by atoms with E-state index in [0.717, 1.165) is 0 Å². The normalized spacial score (nSPS) is 42.1. The van der Waals surface area contributed by atoms with Crippen LogP contribution in [0, 0.1) is 11.3 Å². The Morgan fingerprint density at radius 2 is 2.29 bits per heavy atom. The molecular formula is C12H19NS. The van der Waals surface area contributed by atoms with Crippen LogP contribution in [0.2, 0.25) is 0 Å². The third-order valence-corrected chi connectivity index (χ3v) is 5.13. The number of rotatable bonds is 2. The molecule has 0 aromatic carbocycles. The van der Waals surface area contributed by atoms with Crippen molar-refractivity contribution in [3.8, 4) is 0 Å². The molecule has 1 aromatic heterocycles. The van der Waals surface area contributed by atoms with E-state index in [1.165, 1.54) is 11.3 Å². The molecule has 0 spiro atoms. The van der Waals surface area contributed by atoms with Gasteiger partial charge in [-0.1, -0.05) is 26.8 Å². The summed E-state index contributed by atoms with van der Waals surface area (Å²) in [5, 5.41) is 2.17. The Hall–Kier alpha value is -0.340. The SMILES string of the molecule is CCC1(C)C(N)C(C)C1c1cccs1. The minimum Gasteiger partial charge on any atom is -0.327 e. The van der Waals surface area contributed by atoms with Crippen molar-refractivity contribution in [1.82, 2.24) is 0 Å². The van der Waals surface area contributed by atoms with Crippen LogP contribution in [-0.4, -0.2) is 6.04 Å². The van der Waals surface area contributed by atoms with E-state index in [1.54, 1.807) is 0 Å². The van der Waals surface area contributed by atoms with Crippen LogP contribution in [-0.2, 0) is 0 Å². The van der Waals surface area contributed by atoms with Crippen molar-refractivity contribution in [2.24, 2.45) is 17.1 Å². The van der Waals surface area contributed by atoms with Gasteiger partial charge in [-0.3, -0.25) is 0 Å². The standard InChI is InChI=1S/C12H19NS/c1-4-12(3)10(8(2)11(12)13)9-6-5-7-14-9/h5-8,10-11H,4,13H2,1-3H3. The molecule has 2 rings (SSSR count). The zero-order valence-corrected chi connectivity index (χ0v) is 9.97. The highest BCUT2D eigenvalue weighted by Gasteiger charge is 2.54. The average Bonchev–Trinajstić information content (AvgIpc) is 2.70. The van der Waals surface area contributed by atoms with Gasteiger partial charge in [0.05, 0.1) is 0 Å². The maximum Gasteiger partial charge on any atom is 0.0131 e. The highest BCUT2D eigenvalue weighted by atomic mass is 32.1. The molecule has 1 aromatic rings. The van der Waals surface area contributed by atoms with Gasteiger partial charge in [-0.2, -0.15) is 0 Å². The average molecular weight is 209 g/mol. The molecule has 0 radical (unpaired) electrons. The monoisotopic (exact) mass is 209 g/mol. The van der Waals surface area contributed by atoms with E-state index in [0.29, 0.717) is 23.3 Å². The second-order valence-electron chi connectivity index (χ2n) is 4.74. The first-order valence-electron chi connectivity index (χ1n) is 5.40. The van der Waals surface area contributed by atoms with Crippen molar-refractivity contribution < 1.29 is 0 Å². The molecule has 1 heterocycles. The van der Waals surface area contributed by atoms with Crippen molar-refractivity contribution in [1.29, 1.82) is 0 Å². The molecule has 2 N–H and O–H groups in total. The number of thiophene rings is 1. The zero-order chi connectivity index (χ0) is 10.3. The molecule has 14 heavy (non-hydrogen) atoms. The summed E-state index contributed by atoms with van der Waals surface area (Å²) in [6, 6.07) is 4.78. The molecule has 1 nitrogen and oxygen atoms in total. The summed E-state index contributed by atoms with van der Waals surface area (Å²) in [7, 11) is 0. The third kappa shape index (κ3) is 1.17. The quantitative estimate of drug-likeness (QED) is 0.795. The minimum absolute atomic E-state index is 0.324. The Balaban J connectivity index is 2.28. The first-order chi connectivity index (χ1) is 6.61. The van der Waals surface area contributed by atoms with E-state index >= 15 is 0 Å². The van der Waals surface area contributed by atoms with E-state index < -0.39 is 0 Å². The van der Waals surface area contributed by atoms with Crippen LogP contribution in [0.5, 0.6) is 0 Å². The smallest absolute Gasteiger partial charge is 0.0131 e. The first kappa shape index (κ1) is 10.2. The Morgan fingerprint density at radius 1 is 1.57 bits per heavy atom. The van der Waals surface area contributed by atoms with Gasteiger partial charge in [0.2, 0.25) is 0 Å². The summed E-state index contributed by atoms with van der Waals surface area (Å²) in [6.07, 6.45) is 1.18. The predicted molar refractivity (Wildman–Crippen MR) is 62.6 cm³/mol. The Morgan fingerprint density at radius 3 is 2.79 bits per heavy atom.